The van der Waals surface area contributed by atoms with E-state index in [0.717, 1.165) is 10.9 Å². The van der Waals surface area contributed by atoms with Gasteiger partial charge in [0.15, 0.2) is 23.3 Å². The van der Waals surface area contributed by atoms with Gasteiger partial charge < -0.3 is 34.1 Å². The van der Waals surface area contributed by atoms with Crippen LogP contribution in [0.1, 0.15) is 93.2 Å². The van der Waals surface area contributed by atoms with Gasteiger partial charge in [0.25, 0.3) is 0 Å². The highest BCUT2D eigenvalue weighted by Crippen LogP contribution is 2.45. The highest BCUT2D eigenvalue weighted by atomic mass is 16.7. The normalized spacial score (nSPS) is 39.2. The van der Waals surface area contributed by atoms with Crippen LogP contribution >= 0.6 is 0 Å². The predicted molar refractivity (Wildman–Crippen MR) is 213 cm³/mol. The minimum atomic E-state index is -1.82. The molecule has 14 atom stereocenters. The number of aromatic nitrogens is 2. The molecule has 6 heterocycles. The molecule has 0 radical (unpaired) electrons. The smallest absolute Gasteiger partial charge is 0.411 e. The molecule has 4 saturated heterocycles. The number of fused-ring (bicyclic) bond motifs is 2. The summed E-state index contributed by atoms with van der Waals surface area (Å²) in [6, 6.07) is 4.34. The fraction of sp³-hybridized carbons (Fsp3) is 0.721. The van der Waals surface area contributed by atoms with E-state index in [1.807, 2.05) is 51.0 Å². The van der Waals surface area contributed by atoms with Crippen molar-refractivity contribution in [3.05, 3.63) is 36.2 Å². The molecule has 4 aliphatic rings. The number of hydrogen-bond acceptors (Lipinski definition) is 14. The van der Waals surface area contributed by atoms with Crippen LogP contribution in [0.5, 0.6) is 0 Å². The van der Waals surface area contributed by atoms with Gasteiger partial charge in [-0.1, -0.05) is 27.7 Å². The molecule has 58 heavy (non-hydrogen) atoms. The molecule has 15 nitrogen and oxygen atoms in total. The zero-order valence-corrected chi connectivity index (χ0v) is 35.8. The van der Waals surface area contributed by atoms with Gasteiger partial charge in [-0.3, -0.25) is 24.2 Å². The Hall–Kier alpha value is -3.60. The Morgan fingerprint density at radius 3 is 2.33 bits per heavy atom. The van der Waals surface area contributed by atoms with E-state index < -0.39 is 83.4 Å². The number of rotatable bonds is 7. The predicted octanol–water partition coefficient (Wildman–Crippen LogP) is 3.92. The summed E-state index contributed by atoms with van der Waals surface area (Å²) in [5, 5.41) is 24.6. The van der Waals surface area contributed by atoms with E-state index in [9.17, 15) is 29.4 Å². The molecule has 6 rings (SSSR count). The molecule has 2 aromatic rings. The maximum atomic E-state index is 14.7. The van der Waals surface area contributed by atoms with Crippen molar-refractivity contribution in [2.45, 2.75) is 148 Å². The van der Waals surface area contributed by atoms with Crippen LogP contribution in [-0.2, 0) is 33.3 Å². The largest absolute Gasteiger partial charge is 0.458 e. The third-order valence-electron chi connectivity index (χ3n) is 13.5. The Kier molecular flexibility index (Phi) is 12.7. The van der Waals surface area contributed by atoms with Crippen LogP contribution in [0.4, 0.5) is 4.79 Å². The summed E-state index contributed by atoms with van der Waals surface area (Å²) < 4.78 is 24.8. The number of amides is 1. The first-order valence-electron chi connectivity index (χ1n) is 20.8. The first kappa shape index (κ1) is 44.0. The second kappa shape index (κ2) is 16.8. The number of likely N-dealkylation sites (tertiary alicyclic amines) is 1. The first-order valence-corrected chi connectivity index (χ1v) is 20.8. The summed E-state index contributed by atoms with van der Waals surface area (Å²) >= 11 is 0. The van der Waals surface area contributed by atoms with Crippen molar-refractivity contribution in [2.75, 3.05) is 27.2 Å². The molecule has 2 aromatic heterocycles. The summed E-state index contributed by atoms with van der Waals surface area (Å²) in [6.07, 6.45) is -1.39. The van der Waals surface area contributed by atoms with Crippen LogP contribution in [0.2, 0.25) is 0 Å². The quantitative estimate of drug-likeness (QED) is 0.303. The maximum Gasteiger partial charge on any atom is 0.411 e. The highest BCUT2D eigenvalue weighted by Gasteiger charge is 2.62. The van der Waals surface area contributed by atoms with Gasteiger partial charge in [-0.2, -0.15) is 0 Å². The summed E-state index contributed by atoms with van der Waals surface area (Å²) in [5.41, 5.74) is -1.55. The fourth-order valence-electron chi connectivity index (χ4n) is 10.2. The molecule has 0 aromatic carbocycles. The average Bonchev–Trinajstić information content (AvgIpc) is 3.43. The van der Waals surface area contributed by atoms with Gasteiger partial charge in [0, 0.05) is 60.7 Å². The van der Waals surface area contributed by atoms with E-state index in [4.69, 9.17) is 18.9 Å². The number of aliphatic hydroxyl groups is 2. The summed E-state index contributed by atoms with van der Waals surface area (Å²) in [5.74, 6) is -5.57. The molecular weight excluding hydrogens is 746 g/mol. The third-order valence-corrected chi connectivity index (χ3v) is 13.5. The number of likely N-dealkylation sites (N-methyl/N-ethyl adjacent to an activating group) is 1. The van der Waals surface area contributed by atoms with Crippen molar-refractivity contribution in [3.8, 4) is 0 Å². The molecule has 15 heteroatoms. The van der Waals surface area contributed by atoms with Crippen LogP contribution in [0, 0.1) is 23.7 Å². The molecule has 4 fully saturated rings. The number of aliphatic hydroxyl groups excluding tert-OH is 1. The molecule has 0 unspecified atom stereocenters. The minimum Gasteiger partial charge on any atom is -0.458 e. The Balaban J connectivity index is 1.32. The van der Waals surface area contributed by atoms with E-state index in [0.29, 0.717) is 25.2 Å². The van der Waals surface area contributed by atoms with E-state index in [1.165, 1.54) is 13.8 Å². The van der Waals surface area contributed by atoms with E-state index in [2.05, 4.69) is 21.8 Å². The lowest BCUT2D eigenvalue weighted by Gasteiger charge is -2.50. The highest BCUT2D eigenvalue weighted by molar-refractivity contribution is 6.00. The lowest BCUT2D eigenvalue weighted by atomic mass is 9.73. The zero-order valence-electron chi connectivity index (χ0n) is 35.8. The number of nitrogens with zero attached hydrogens (tertiary/aromatic N) is 5. The van der Waals surface area contributed by atoms with Crippen LogP contribution in [0.3, 0.4) is 0 Å². The minimum absolute atomic E-state index is 0.0284. The standard InChI is InChI=1S/C43H63N5O10/c1-12-32-43(9)36(48(41(53)58-43)28-20-47(21-28)27(7)29-15-17-45-38-30(29)14-13-16-44-38)24(4)33(49)22(2)19-42(8,54)37(25(5)34(50)26(6)39(52)56-32)57-40-35(51)31(46(10)11)18-23(3)55-40/h13-17,22-28,31-32,35-37,40,51,54H,12,18-21H2,1-11H3/t22-,23-,24+,25+,26-,27+,31+,32-,35-,36-,37-,40+,42-,43-/m1/s1. The number of carbonyl (C=O) groups excluding carboxylic acids is 4. The number of hydrogen-bond donors (Lipinski definition) is 2. The average molecular weight is 810 g/mol. The second-order valence-electron chi connectivity index (χ2n) is 18.0. The molecule has 4 aliphatic heterocycles. The number of pyridine rings is 2. The maximum absolute atomic E-state index is 14.7. The summed E-state index contributed by atoms with van der Waals surface area (Å²) in [4.78, 5) is 71.6. The molecule has 0 spiro atoms. The van der Waals surface area contributed by atoms with Crippen molar-refractivity contribution in [2.24, 2.45) is 23.7 Å². The van der Waals surface area contributed by atoms with Gasteiger partial charge in [0.2, 0.25) is 0 Å². The number of cyclic esters (lactones) is 1. The lowest BCUT2D eigenvalue weighted by Crippen LogP contribution is -2.66. The number of ether oxygens (including phenoxy) is 4. The van der Waals surface area contributed by atoms with Gasteiger partial charge in [0.05, 0.1) is 29.9 Å². The first-order chi connectivity index (χ1) is 27.2. The van der Waals surface area contributed by atoms with Gasteiger partial charge >= 0.3 is 12.1 Å². The monoisotopic (exact) mass is 809 g/mol. The third kappa shape index (κ3) is 8.02. The van der Waals surface area contributed by atoms with Crippen LogP contribution in [0.25, 0.3) is 11.0 Å². The van der Waals surface area contributed by atoms with E-state index >= 15 is 0 Å². The van der Waals surface area contributed by atoms with E-state index in [-0.39, 0.29) is 42.9 Å². The van der Waals surface area contributed by atoms with Gasteiger partial charge in [-0.05, 0) is 91.7 Å². The summed E-state index contributed by atoms with van der Waals surface area (Å²) in [7, 11) is 3.69. The Morgan fingerprint density at radius 2 is 1.67 bits per heavy atom. The summed E-state index contributed by atoms with van der Waals surface area (Å²) in [6.45, 7) is 16.5. The molecule has 0 bridgehead atoms. The van der Waals surface area contributed by atoms with Crippen LogP contribution < -0.4 is 0 Å². The lowest BCUT2D eigenvalue weighted by molar-refractivity contribution is -0.293. The Bertz CT molecular complexity index is 1850. The molecule has 0 saturated carbocycles. The SMILES string of the molecule is CC[C@H]1OC(=O)[C@H](C)C(=O)[C@H](C)[C@@H](O[C@@H]2O[C@H](C)C[C@H](N(C)C)[C@H]2O)[C@](C)(O)C[C@@H](C)C(=O)[C@H](C)[C@H]2N(C3CN([C@@H](C)c4ccnc5ncccc45)C3)C(=O)O[C@]12C. The number of Topliss-reactive ketones (excluding diaryl/α,β-unsaturated/α-hetero) is 2. The van der Waals surface area contributed by atoms with Gasteiger partial charge in [-0.25, -0.2) is 14.8 Å². The molecule has 2 N–H and O–H groups in total. The topological polar surface area (TPSA) is 181 Å². The Morgan fingerprint density at radius 1 is 1.00 bits per heavy atom. The number of esters is 1. The Labute approximate surface area is 341 Å². The van der Waals surface area contributed by atoms with Crippen molar-refractivity contribution in [1.82, 2.24) is 24.7 Å². The van der Waals surface area contributed by atoms with Crippen LogP contribution in [0.15, 0.2) is 30.6 Å². The fourth-order valence-corrected chi connectivity index (χ4v) is 10.2. The molecule has 0 aliphatic carbocycles. The second-order valence-corrected chi connectivity index (χ2v) is 18.0. The molecular formula is C43H63N5O10. The van der Waals surface area contributed by atoms with Crippen molar-refractivity contribution < 1.29 is 48.3 Å². The van der Waals surface area contributed by atoms with Crippen LogP contribution in [-0.4, -0.2) is 146 Å². The van der Waals surface area contributed by atoms with Crippen molar-refractivity contribution in [3.63, 3.8) is 0 Å². The van der Waals surface area contributed by atoms with Crippen molar-refractivity contribution >= 4 is 34.7 Å². The van der Waals surface area contributed by atoms with E-state index in [1.54, 1.807) is 45.0 Å². The van der Waals surface area contributed by atoms with Crippen molar-refractivity contribution in [1.29, 1.82) is 0 Å². The molecule has 1 amide bonds. The number of carbonyl (C=O) groups is 4. The van der Waals surface area contributed by atoms with Gasteiger partial charge in [-0.15, -0.1) is 0 Å². The number of ketones is 2. The zero-order chi connectivity index (χ0) is 42.6. The van der Waals surface area contributed by atoms with Gasteiger partial charge in [0.1, 0.15) is 23.9 Å². The molecule has 320 valence electrons.